The van der Waals surface area contributed by atoms with E-state index in [1.165, 1.54) is 11.6 Å². The number of hydrogen-bond donors (Lipinski definition) is 1. The summed E-state index contributed by atoms with van der Waals surface area (Å²) in [5.41, 5.74) is 2.42. The maximum absolute atomic E-state index is 13.6. The van der Waals surface area contributed by atoms with Gasteiger partial charge in [0.15, 0.2) is 0 Å². The number of ether oxygens (including phenoxy) is 1. The van der Waals surface area contributed by atoms with Crippen LogP contribution in [0.15, 0.2) is 47.1 Å². The van der Waals surface area contributed by atoms with Gasteiger partial charge in [-0.3, -0.25) is 4.90 Å². The molecule has 0 bridgehead atoms. The van der Waals surface area contributed by atoms with Crippen LogP contribution in [0.5, 0.6) is 5.75 Å². The first-order valence-corrected chi connectivity index (χ1v) is 10.7. The second kappa shape index (κ2) is 8.65. The molecular formula is C25H31F3N2O. The molecule has 0 radical (unpaired) electrons. The Balaban J connectivity index is 1.89. The highest BCUT2D eigenvalue weighted by Gasteiger charge is 2.42. The smallest absolute Gasteiger partial charge is 0.413 e. The van der Waals surface area contributed by atoms with Crippen LogP contribution in [0.2, 0.25) is 0 Å². The fourth-order valence-corrected chi connectivity index (χ4v) is 4.04. The summed E-state index contributed by atoms with van der Waals surface area (Å²) >= 11 is 0. The Morgan fingerprint density at radius 3 is 2.42 bits per heavy atom. The lowest BCUT2D eigenvalue weighted by Gasteiger charge is -2.35. The summed E-state index contributed by atoms with van der Waals surface area (Å²) in [6.45, 7) is 12.4. The van der Waals surface area contributed by atoms with Crippen molar-refractivity contribution in [2.75, 3.05) is 13.1 Å². The van der Waals surface area contributed by atoms with Gasteiger partial charge in [0.05, 0.1) is 0 Å². The monoisotopic (exact) mass is 432 g/mol. The van der Waals surface area contributed by atoms with Crippen molar-refractivity contribution in [3.05, 3.63) is 63.8 Å². The summed E-state index contributed by atoms with van der Waals surface area (Å²) in [5.74, 6) is 1.18. The maximum Gasteiger partial charge on any atom is 0.413 e. The Morgan fingerprint density at radius 2 is 1.87 bits per heavy atom. The van der Waals surface area contributed by atoms with Gasteiger partial charge in [0.2, 0.25) is 0 Å². The van der Waals surface area contributed by atoms with Gasteiger partial charge in [0, 0.05) is 48.4 Å². The number of nitrogens with one attached hydrogen (secondary N) is 1. The van der Waals surface area contributed by atoms with E-state index in [1.807, 2.05) is 26.0 Å². The number of benzene rings is 1. The van der Waals surface area contributed by atoms with Gasteiger partial charge in [0.1, 0.15) is 11.4 Å². The Labute approximate surface area is 182 Å². The Kier molecular flexibility index (Phi) is 6.51. The number of nitrogens with zero attached hydrogens (tertiary/aromatic N) is 1. The molecule has 0 aromatic heterocycles. The number of allylic oxidation sites excluding steroid dienone is 2. The molecule has 2 aliphatic rings. The molecule has 1 aromatic carbocycles. The minimum absolute atomic E-state index is 0.112. The largest absolute Gasteiger partial charge is 0.483 e. The number of hydrogen-bond acceptors (Lipinski definition) is 3. The lowest BCUT2D eigenvalue weighted by molar-refractivity contribution is -0.0990. The second-order valence-corrected chi connectivity index (χ2v) is 8.85. The molecule has 2 atom stereocenters. The van der Waals surface area contributed by atoms with Crippen LogP contribution < -0.4 is 4.74 Å². The van der Waals surface area contributed by atoms with Crippen LogP contribution in [-0.4, -0.2) is 36.0 Å². The van der Waals surface area contributed by atoms with E-state index in [0.29, 0.717) is 18.2 Å². The third-order valence-electron chi connectivity index (χ3n) is 6.24. The van der Waals surface area contributed by atoms with Crippen molar-refractivity contribution in [3.8, 4) is 5.75 Å². The summed E-state index contributed by atoms with van der Waals surface area (Å²) in [7, 11) is 0. The predicted octanol–water partition coefficient (Wildman–Crippen LogP) is 6.31. The normalized spacial score (nSPS) is 23.3. The third-order valence-corrected chi connectivity index (χ3v) is 6.24. The summed E-state index contributed by atoms with van der Waals surface area (Å²) in [5, 5.41) is 7.34. The van der Waals surface area contributed by atoms with Crippen LogP contribution >= 0.6 is 0 Å². The lowest BCUT2D eigenvalue weighted by Crippen LogP contribution is -2.37. The molecule has 0 saturated carbocycles. The molecule has 0 amide bonds. The van der Waals surface area contributed by atoms with E-state index in [0.717, 1.165) is 36.0 Å². The van der Waals surface area contributed by atoms with Crippen molar-refractivity contribution < 1.29 is 17.9 Å². The maximum atomic E-state index is 13.6. The molecule has 0 spiro atoms. The first kappa shape index (κ1) is 23.3. The molecule has 0 aliphatic heterocycles. The predicted molar refractivity (Wildman–Crippen MR) is 119 cm³/mol. The molecule has 3 nitrogen and oxygen atoms in total. The van der Waals surface area contributed by atoms with Crippen molar-refractivity contribution in [2.24, 2.45) is 5.92 Å². The number of aryl methyl sites for hydroxylation is 2. The van der Waals surface area contributed by atoms with Crippen molar-refractivity contribution >= 4 is 6.21 Å². The number of halogens is 3. The van der Waals surface area contributed by atoms with Gasteiger partial charge < -0.3 is 10.1 Å². The zero-order valence-electron chi connectivity index (χ0n) is 18.9. The van der Waals surface area contributed by atoms with Gasteiger partial charge in [-0.25, -0.2) is 0 Å². The molecular weight excluding hydrogens is 401 g/mol. The molecule has 1 aromatic rings. The summed E-state index contributed by atoms with van der Waals surface area (Å²) < 4.78 is 47.1. The number of alkyl halides is 3. The topological polar surface area (TPSA) is 36.3 Å². The lowest BCUT2D eigenvalue weighted by atomic mass is 9.86. The highest BCUT2D eigenvalue weighted by molar-refractivity contribution is 5.82. The van der Waals surface area contributed by atoms with E-state index in [4.69, 9.17) is 10.1 Å². The summed E-state index contributed by atoms with van der Waals surface area (Å²) in [4.78, 5) is 2.35. The van der Waals surface area contributed by atoms with Crippen molar-refractivity contribution in [2.45, 2.75) is 59.4 Å². The molecule has 1 N–H and O–H groups in total. The molecule has 0 heterocycles. The Bertz CT molecular complexity index is 958. The molecule has 31 heavy (non-hydrogen) atoms. The standard InChI is InChI=1S/C25H31F3N2O/c1-6-30(14-20-11-18(20)4)15-21-16(2)7-8-17(3)23(21)31-24(5)10-9-19(13-29)22(12-24)25(26,27)28/h7-11,13,20,29H,6,12,14-15H2,1-5H3. The van der Waals surface area contributed by atoms with Crippen molar-refractivity contribution in [1.29, 1.82) is 5.41 Å². The van der Waals surface area contributed by atoms with E-state index in [2.05, 4.69) is 24.8 Å². The molecule has 3 rings (SSSR count). The molecule has 6 heteroatoms. The fourth-order valence-electron chi connectivity index (χ4n) is 4.04. The van der Waals surface area contributed by atoms with Crippen LogP contribution in [0.1, 0.15) is 43.9 Å². The average Bonchev–Trinajstić information content (AvgIpc) is 3.40. The highest BCUT2D eigenvalue weighted by Crippen LogP contribution is 2.41. The van der Waals surface area contributed by atoms with Crippen molar-refractivity contribution in [3.63, 3.8) is 0 Å². The second-order valence-electron chi connectivity index (χ2n) is 8.85. The van der Waals surface area contributed by atoms with Crippen LogP contribution in [0, 0.1) is 25.2 Å². The zero-order chi connectivity index (χ0) is 23.0. The first-order chi connectivity index (χ1) is 14.5. The SMILES string of the molecule is CCN(Cc1c(C)ccc(C)c1OC1(C)C=CC(C=N)=C(C(F)(F)F)C1)CC1C=C1C. The van der Waals surface area contributed by atoms with Gasteiger partial charge in [-0.15, -0.1) is 0 Å². The molecule has 0 saturated heterocycles. The first-order valence-electron chi connectivity index (χ1n) is 10.7. The molecule has 2 aliphatic carbocycles. The highest BCUT2D eigenvalue weighted by atomic mass is 19.4. The van der Waals surface area contributed by atoms with Crippen molar-refractivity contribution in [1.82, 2.24) is 4.90 Å². The van der Waals surface area contributed by atoms with E-state index in [1.54, 1.807) is 13.0 Å². The average molecular weight is 433 g/mol. The Morgan fingerprint density at radius 1 is 1.23 bits per heavy atom. The van der Waals surface area contributed by atoms with Crippen LogP contribution in [0.4, 0.5) is 13.2 Å². The van der Waals surface area contributed by atoms with Gasteiger partial charge >= 0.3 is 6.18 Å². The van der Waals surface area contributed by atoms with E-state index in [9.17, 15) is 13.2 Å². The zero-order valence-corrected chi connectivity index (χ0v) is 18.9. The number of rotatable bonds is 8. The van der Waals surface area contributed by atoms with Crippen LogP contribution in [-0.2, 0) is 6.54 Å². The van der Waals surface area contributed by atoms with Gasteiger partial charge in [0.25, 0.3) is 0 Å². The van der Waals surface area contributed by atoms with Gasteiger partial charge in [-0.2, -0.15) is 13.2 Å². The quantitative estimate of drug-likeness (QED) is 0.386. The molecule has 2 unspecified atom stereocenters. The van der Waals surface area contributed by atoms with E-state index < -0.39 is 17.4 Å². The third kappa shape index (κ3) is 5.29. The fraction of sp³-hybridized carbons (Fsp3) is 0.480. The molecule has 168 valence electrons. The van der Waals surface area contributed by atoms with E-state index >= 15 is 0 Å². The molecule has 0 fully saturated rings. The minimum Gasteiger partial charge on any atom is -0.483 e. The van der Waals surface area contributed by atoms with Crippen LogP contribution in [0.3, 0.4) is 0 Å². The Hall–Kier alpha value is -2.34. The van der Waals surface area contributed by atoms with Crippen LogP contribution in [0.25, 0.3) is 0 Å². The minimum atomic E-state index is -4.50. The summed E-state index contributed by atoms with van der Waals surface area (Å²) in [6.07, 6.45) is 1.18. The van der Waals surface area contributed by atoms with Gasteiger partial charge in [-0.1, -0.05) is 36.8 Å². The summed E-state index contributed by atoms with van der Waals surface area (Å²) in [6, 6.07) is 4.00. The van der Waals surface area contributed by atoms with Gasteiger partial charge in [-0.05, 0) is 51.4 Å². The van der Waals surface area contributed by atoms with E-state index in [-0.39, 0.29) is 12.0 Å².